The molecule has 1 aliphatic heterocycles. The Morgan fingerprint density at radius 2 is 1.56 bits per heavy atom. The first-order valence-corrected chi connectivity index (χ1v) is 14.6. The highest BCUT2D eigenvalue weighted by Crippen LogP contribution is 2.37. The predicted molar refractivity (Wildman–Crippen MR) is 147 cm³/mol. The normalized spacial score (nSPS) is 21.8. The van der Waals surface area contributed by atoms with Crippen molar-refractivity contribution >= 4 is 18.7 Å². The molecule has 1 fully saturated rings. The summed E-state index contributed by atoms with van der Waals surface area (Å²) in [6.45, 7) is 15.8. The average molecular weight is 478 g/mol. The number of rotatable bonds is 11. The summed E-state index contributed by atoms with van der Waals surface area (Å²) >= 11 is 0. The summed E-state index contributed by atoms with van der Waals surface area (Å²) in [4.78, 5) is 5.90. The van der Waals surface area contributed by atoms with Crippen LogP contribution in [0.4, 0.5) is 0 Å². The van der Waals surface area contributed by atoms with Crippen molar-refractivity contribution in [1.29, 1.82) is 0 Å². The molecule has 0 aliphatic carbocycles. The molecule has 0 radical (unpaired) electrons. The number of benzene rings is 2. The second kappa shape index (κ2) is 12.1. The molecule has 0 saturated carbocycles. The quantitative estimate of drug-likeness (QED) is 0.221. The average Bonchev–Trinajstić information content (AvgIpc) is 2.84. The first-order chi connectivity index (χ1) is 16.4. The van der Waals surface area contributed by atoms with Gasteiger partial charge in [0.05, 0.1) is 7.11 Å². The lowest BCUT2D eigenvalue weighted by Crippen LogP contribution is -2.66. The van der Waals surface area contributed by atoms with Crippen LogP contribution in [0.1, 0.15) is 52.9 Å². The SMILES string of the molecule is C=CC[C@@H]1CC[C@@H](C=C)[C@@H](CCCO[Si](c2ccccc2)(c2ccccc2)C(C)(C)C)N1OC. The Morgan fingerprint density at radius 1 is 0.971 bits per heavy atom. The van der Waals surface area contributed by atoms with Gasteiger partial charge in [-0.2, -0.15) is 5.06 Å². The molecular formula is C30H43NO2Si. The number of hydrogen-bond acceptors (Lipinski definition) is 3. The molecule has 3 rings (SSSR count). The van der Waals surface area contributed by atoms with Gasteiger partial charge in [-0.1, -0.05) is 93.6 Å². The van der Waals surface area contributed by atoms with Crippen molar-refractivity contribution < 1.29 is 9.26 Å². The minimum absolute atomic E-state index is 0.00216. The Morgan fingerprint density at radius 3 is 2.03 bits per heavy atom. The van der Waals surface area contributed by atoms with Gasteiger partial charge in [0.15, 0.2) is 0 Å². The second-order valence-electron chi connectivity index (χ2n) is 10.4. The molecule has 4 heteroatoms. The third kappa shape index (κ3) is 5.63. The molecule has 0 aromatic heterocycles. The van der Waals surface area contributed by atoms with E-state index >= 15 is 0 Å². The van der Waals surface area contributed by atoms with Crippen LogP contribution in [-0.2, 0) is 9.26 Å². The van der Waals surface area contributed by atoms with Gasteiger partial charge in [0.1, 0.15) is 0 Å². The van der Waals surface area contributed by atoms with Crippen LogP contribution in [0, 0.1) is 5.92 Å². The van der Waals surface area contributed by atoms with Gasteiger partial charge in [-0.3, -0.25) is 0 Å². The van der Waals surface area contributed by atoms with Crippen molar-refractivity contribution in [3.63, 3.8) is 0 Å². The Bertz CT molecular complexity index is 854. The molecule has 1 saturated heterocycles. The second-order valence-corrected chi connectivity index (χ2v) is 14.7. The zero-order chi connectivity index (χ0) is 24.6. The lowest BCUT2D eigenvalue weighted by molar-refractivity contribution is -0.215. The van der Waals surface area contributed by atoms with Crippen molar-refractivity contribution in [2.24, 2.45) is 5.92 Å². The zero-order valence-electron chi connectivity index (χ0n) is 21.6. The number of hydroxylamine groups is 2. The van der Waals surface area contributed by atoms with Gasteiger partial charge in [0, 0.05) is 18.7 Å². The first-order valence-electron chi connectivity index (χ1n) is 12.7. The molecule has 0 N–H and O–H groups in total. The Labute approximate surface area is 208 Å². The first kappa shape index (κ1) is 26.6. The fraction of sp³-hybridized carbons (Fsp3) is 0.467. The van der Waals surface area contributed by atoms with Gasteiger partial charge in [0.25, 0.3) is 8.32 Å². The van der Waals surface area contributed by atoms with Gasteiger partial charge in [-0.25, -0.2) is 0 Å². The zero-order valence-corrected chi connectivity index (χ0v) is 22.6. The summed E-state index contributed by atoms with van der Waals surface area (Å²) in [5.74, 6) is 0.439. The summed E-state index contributed by atoms with van der Waals surface area (Å²) in [5.41, 5.74) is 0. The largest absolute Gasteiger partial charge is 0.407 e. The molecule has 34 heavy (non-hydrogen) atoms. The van der Waals surface area contributed by atoms with Crippen molar-refractivity contribution in [2.75, 3.05) is 13.7 Å². The van der Waals surface area contributed by atoms with Crippen LogP contribution < -0.4 is 10.4 Å². The summed E-state index contributed by atoms with van der Waals surface area (Å²) in [5, 5.41) is 4.87. The van der Waals surface area contributed by atoms with Crippen molar-refractivity contribution in [3.8, 4) is 0 Å². The van der Waals surface area contributed by atoms with E-state index in [9.17, 15) is 0 Å². The molecule has 3 atom stereocenters. The smallest absolute Gasteiger partial charge is 0.261 e. The molecular weight excluding hydrogens is 434 g/mol. The standard InChI is InChI=1S/C30H43NO2Si/c1-7-16-26-23-22-25(8-2)29(31(26)32-6)21-15-24-33-34(30(3,4)5,27-17-11-9-12-18-27)28-19-13-10-14-20-28/h7-14,17-20,25-26,29H,1-2,15-16,21-24H2,3-6H3/t25-,26-,29-/m1/s1. The maximum atomic E-state index is 7.11. The molecule has 0 unspecified atom stereocenters. The van der Waals surface area contributed by atoms with E-state index in [1.807, 2.05) is 6.08 Å². The van der Waals surface area contributed by atoms with Crippen LogP contribution in [-0.4, -0.2) is 39.2 Å². The fourth-order valence-electron chi connectivity index (χ4n) is 5.76. The molecule has 0 bridgehead atoms. The van der Waals surface area contributed by atoms with Crippen LogP contribution in [0.25, 0.3) is 0 Å². The molecule has 0 amide bonds. The van der Waals surface area contributed by atoms with Gasteiger partial charge in [0.2, 0.25) is 0 Å². The minimum Gasteiger partial charge on any atom is -0.407 e. The minimum atomic E-state index is -2.49. The van der Waals surface area contributed by atoms with Crippen LogP contribution in [0.2, 0.25) is 5.04 Å². The Kier molecular flexibility index (Phi) is 9.49. The Balaban J connectivity index is 1.82. The molecule has 0 spiro atoms. The van der Waals surface area contributed by atoms with E-state index in [0.29, 0.717) is 18.0 Å². The lowest BCUT2D eigenvalue weighted by Gasteiger charge is -2.45. The van der Waals surface area contributed by atoms with Crippen molar-refractivity contribution in [1.82, 2.24) is 5.06 Å². The third-order valence-electron chi connectivity index (χ3n) is 7.35. The van der Waals surface area contributed by atoms with E-state index in [4.69, 9.17) is 9.26 Å². The van der Waals surface area contributed by atoms with Gasteiger partial charge in [-0.05, 0) is 53.4 Å². The highest BCUT2D eigenvalue weighted by atomic mass is 28.4. The number of piperidine rings is 1. The van der Waals surface area contributed by atoms with Crippen LogP contribution >= 0.6 is 0 Å². The highest BCUT2D eigenvalue weighted by Gasteiger charge is 2.50. The van der Waals surface area contributed by atoms with E-state index in [-0.39, 0.29) is 5.04 Å². The van der Waals surface area contributed by atoms with Crippen LogP contribution in [0.15, 0.2) is 86.0 Å². The highest BCUT2D eigenvalue weighted by molar-refractivity contribution is 6.99. The monoisotopic (exact) mass is 477 g/mol. The van der Waals surface area contributed by atoms with Crippen molar-refractivity contribution in [2.45, 2.75) is 70.0 Å². The summed E-state index contributed by atoms with van der Waals surface area (Å²) < 4.78 is 7.11. The molecule has 2 aromatic rings. The lowest BCUT2D eigenvalue weighted by atomic mass is 9.84. The molecule has 184 valence electrons. The molecule has 3 nitrogen and oxygen atoms in total. The van der Waals surface area contributed by atoms with E-state index in [1.54, 1.807) is 7.11 Å². The van der Waals surface area contributed by atoms with E-state index in [1.165, 1.54) is 10.4 Å². The van der Waals surface area contributed by atoms with Crippen molar-refractivity contribution in [3.05, 3.63) is 86.0 Å². The summed E-state index contributed by atoms with van der Waals surface area (Å²) in [6.07, 6.45) is 9.36. The Hall–Kier alpha value is -1.98. The van der Waals surface area contributed by atoms with E-state index in [0.717, 1.165) is 38.7 Å². The van der Waals surface area contributed by atoms with Gasteiger partial charge < -0.3 is 9.26 Å². The maximum Gasteiger partial charge on any atom is 0.261 e. The van der Waals surface area contributed by atoms with E-state index < -0.39 is 8.32 Å². The number of nitrogens with zero attached hydrogens (tertiary/aromatic N) is 1. The van der Waals surface area contributed by atoms with Gasteiger partial charge in [-0.15, -0.1) is 13.2 Å². The van der Waals surface area contributed by atoms with Crippen LogP contribution in [0.3, 0.4) is 0 Å². The van der Waals surface area contributed by atoms with Crippen LogP contribution in [0.5, 0.6) is 0 Å². The topological polar surface area (TPSA) is 21.7 Å². The molecule has 2 aromatic carbocycles. The molecule has 1 heterocycles. The van der Waals surface area contributed by atoms with Gasteiger partial charge >= 0.3 is 0 Å². The summed E-state index contributed by atoms with van der Waals surface area (Å²) in [7, 11) is -0.692. The third-order valence-corrected chi connectivity index (χ3v) is 12.4. The van der Waals surface area contributed by atoms with E-state index in [2.05, 4.69) is 106 Å². The predicted octanol–water partition coefficient (Wildman–Crippen LogP) is 6.12. The summed E-state index contributed by atoms with van der Waals surface area (Å²) in [6, 6.07) is 22.5. The maximum absolute atomic E-state index is 7.11. The fourth-order valence-corrected chi connectivity index (χ4v) is 10.4. The molecule has 1 aliphatic rings. The number of hydrogen-bond donors (Lipinski definition) is 0.